The molecule has 4 heteroatoms. The first kappa shape index (κ1) is 11.7. The highest BCUT2D eigenvalue weighted by molar-refractivity contribution is 5.90. The minimum Gasteiger partial charge on any atom is -0.397 e. The third kappa shape index (κ3) is 1.95. The van der Waals surface area contributed by atoms with Gasteiger partial charge in [-0.3, -0.25) is 0 Å². The molecule has 0 saturated carbocycles. The molecule has 1 heterocycles. The van der Waals surface area contributed by atoms with E-state index in [-0.39, 0.29) is 12.1 Å². The summed E-state index contributed by atoms with van der Waals surface area (Å²) in [5.74, 6) is -1.09. The zero-order chi connectivity index (χ0) is 13.4. The number of fused-ring (bicyclic) bond motifs is 1. The Morgan fingerprint density at radius 2 is 1.63 bits per heavy atom. The average Bonchev–Trinajstić information content (AvgIpc) is 2.79. The van der Waals surface area contributed by atoms with Crippen LogP contribution in [0.4, 0.5) is 14.5 Å². The highest BCUT2D eigenvalue weighted by Gasteiger charge is 2.11. The molecular formula is C15H12F2N2. The Kier molecular flexibility index (Phi) is 2.71. The number of hydrogen-bond acceptors (Lipinski definition) is 1. The SMILES string of the molecule is Nc1cccc2ccn(Cc3c(F)cccc3F)c12. The number of hydrogen-bond donors (Lipinski definition) is 1. The Balaban J connectivity index is 2.12. The van der Waals surface area contributed by atoms with E-state index in [1.807, 2.05) is 18.2 Å². The molecule has 19 heavy (non-hydrogen) atoms. The van der Waals surface area contributed by atoms with Crippen LogP contribution in [0.3, 0.4) is 0 Å². The summed E-state index contributed by atoms with van der Waals surface area (Å²) < 4.78 is 29.1. The van der Waals surface area contributed by atoms with Crippen molar-refractivity contribution >= 4 is 16.6 Å². The minimum absolute atomic E-state index is 0.0447. The Morgan fingerprint density at radius 3 is 2.37 bits per heavy atom. The smallest absolute Gasteiger partial charge is 0.131 e. The summed E-state index contributed by atoms with van der Waals surface area (Å²) in [7, 11) is 0. The van der Waals surface area contributed by atoms with Gasteiger partial charge < -0.3 is 10.3 Å². The van der Waals surface area contributed by atoms with Crippen LogP contribution in [0.2, 0.25) is 0 Å². The van der Waals surface area contributed by atoms with Crippen LogP contribution in [-0.4, -0.2) is 4.57 Å². The summed E-state index contributed by atoms with van der Waals surface area (Å²) in [5, 5.41) is 0.955. The van der Waals surface area contributed by atoms with Crippen molar-refractivity contribution < 1.29 is 8.78 Å². The molecule has 0 spiro atoms. The third-order valence-corrected chi connectivity index (χ3v) is 3.21. The largest absolute Gasteiger partial charge is 0.397 e. The molecule has 0 saturated heterocycles. The first-order chi connectivity index (χ1) is 9.16. The second-order valence-corrected chi connectivity index (χ2v) is 4.43. The van der Waals surface area contributed by atoms with E-state index in [2.05, 4.69) is 0 Å². The van der Waals surface area contributed by atoms with E-state index < -0.39 is 11.6 Å². The van der Waals surface area contributed by atoms with Crippen molar-refractivity contribution in [3.8, 4) is 0 Å². The van der Waals surface area contributed by atoms with Crippen molar-refractivity contribution in [2.75, 3.05) is 5.73 Å². The molecule has 3 rings (SSSR count). The molecule has 0 aliphatic rings. The van der Waals surface area contributed by atoms with Crippen molar-refractivity contribution in [1.29, 1.82) is 0 Å². The zero-order valence-electron chi connectivity index (χ0n) is 10.1. The summed E-state index contributed by atoms with van der Waals surface area (Å²) in [5.41, 5.74) is 7.36. The molecule has 0 amide bonds. The molecule has 3 aromatic rings. The van der Waals surface area contributed by atoms with Gasteiger partial charge in [-0.2, -0.15) is 0 Å². The molecule has 1 aromatic heterocycles. The maximum Gasteiger partial charge on any atom is 0.131 e. The molecule has 0 aliphatic carbocycles. The van der Waals surface area contributed by atoms with E-state index in [1.165, 1.54) is 18.2 Å². The highest BCUT2D eigenvalue weighted by Crippen LogP contribution is 2.24. The molecule has 0 atom stereocenters. The molecule has 96 valence electrons. The van der Waals surface area contributed by atoms with E-state index in [4.69, 9.17) is 5.73 Å². The first-order valence-corrected chi connectivity index (χ1v) is 5.93. The van der Waals surface area contributed by atoms with Crippen LogP contribution in [0.15, 0.2) is 48.7 Å². The van der Waals surface area contributed by atoms with Crippen molar-refractivity contribution in [2.24, 2.45) is 0 Å². The van der Waals surface area contributed by atoms with Crippen LogP contribution in [0.1, 0.15) is 5.56 Å². The van der Waals surface area contributed by atoms with Crippen LogP contribution >= 0.6 is 0 Å². The maximum absolute atomic E-state index is 13.7. The van der Waals surface area contributed by atoms with Gasteiger partial charge in [0.2, 0.25) is 0 Å². The molecule has 2 aromatic carbocycles. The normalized spacial score (nSPS) is 11.1. The van der Waals surface area contributed by atoms with E-state index >= 15 is 0 Å². The average molecular weight is 258 g/mol. The van der Waals surface area contributed by atoms with Gasteiger partial charge in [-0.1, -0.05) is 18.2 Å². The monoisotopic (exact) mass is 258 g/mol. The Labute approximate surface area is 109 Å². The Bertz CT molecular complexity index is 727. The molecule has 2 N–H and O–H groups in total. The Hall–Kier alpha value is -2.36. The van der Waals surface area contributed by atoms with Gasteiger partial charge in [-0.15, -0.1) is 0 Å². The van der Waals surface area contributed by atoms with Crippen LogP contribution in [-0.2, 0) is 6.54 Å². The fourth-order valence-electron chi connectivity index (χ4n) is 2.28. The standard InChI is InChI=1S/C15H12F2N2/c16-12-4-2-5-13(17)11(12)9-19-8-7-10-3-1-6-14(18)15(10)19/h1-8H,9,18H2. The van der Waals surface area contributed by atoms with Gasteiger partial charge in [-0.25, -0.2) is 8.78 Å². The van der Waals surface area contributed by atoms with Gasteiger partial charge in [0.1, 0.15) is 11.6 Å². The Morgan fingerprint density at radius 1 is 0.947 bits per heavy atom. The first-order valence-electron chi connectivity index (χ1n) is 5.93. The number of anilines is 1. The second-order valence-electron chi connectivity index (χ2n) is 4.43. The van der Waals surface area contributed by atoms with E-state index in [1.54, 1.807) is 16.8 Å². The topological polar surface area (TPSA) is 30.9 Å². The lowest BCUT2D eigenvalue weighted by Gasteiger charge is -2.09. The maximum atomic E-state index is 13.7. The number of rotatable bonds is 2. The van der Waals surface area contributed by atoms with Crippen LogP contribution in [0.25, 0.3) is 10.9 Å². The summed E-state index contributed by atoms with van der Waals surface area (Å²) >= 11 is 0. The van der Waals surface area contributed by atoms with Crippen molar-refractivity contribution in [3.63, 3.8) is 0 Å². The van der Waals surface area contributed by atoms with Crippen LogP contribution in [0.5, 0.6) is 0 Å². The van der Waals surface area contributed by atoms with E-state index in [0.29, 0.717) is 5.69 Å². The minimum atomic E-state index is -0.545. The number of nitrogens with zero attached hydrogens (tertiary/aromatic N) is 1. The number of nitrogen functional groups attached to an aromatic ring is 1. The summed E-state index contributed by atoms with van der Waals surface area (Å²) in [4.78, 5) is 0. The number of benzene rings is 2. The number of para-hydroxylation sites is 1. The van der Waals surface area contributed by atoms with Gasteiger partial charge in [0.25, 0.3) is 0 Å². The third-order valence-electron chi connectivity index (χ3n) is 3.21. The predicted molar refractivity (Wildman–Crippen MR) is 71.8 cm³/mol. The lowest BCUT2D eigenvalue weighted by Crippen LogP contribution is -2.04. The number of halogens is 2. The van der Waals surface area contributed by atoms with Crippen molar-refractivity contribution in [1.82, 2.24) is 4.57 Å². The van der Waals surface area contributed by atoms with E-state index in [0.717, 1.165) is 10.9 Å². The zero-order valence-corrected chi connectivity index (χ0v) is 10.1. The van der Waals surface area contributed by atoms with Gasteiger partial charge in [0.15, 0.2) is 0 Å². The quantitative estimate of drug-likeness (QED) is 0.700. The lowest BCUT2D eigenvalue weighted by atomic mass is 10.2. The molecule has 0 fully saturated rings. The molecule has 2 nitrogen and oxygen atoms in total. The fraction of sp³-hybridized carbons (Fsp3) is 0.0667. The molecule has 0 unspecified atom stereocenters. The van der Waals surface area contributed by atoms with Gasteiger partial charge in [-0.05, 0) is 24.3 Å². The van der Waals surface area contributed by atoms with Gasteiger partial charge >= 0.3 is 0 Å². The highest BCUT2D eigenvalue weighted by atomic mass is 19.1. The van der Waals surface area contributed by atoms with E-state index in [9.17, 15) is 8.78 Å². The summed E-state index contributed by atoms with van der Waals surface area (Å²) in [6, 6.07) is 11.3. The fourth-order valence-corrected chi connectivity index (χ4v) is 2.28. The van der Waals surface area contributed by atoms with Crippen molar-refractivity contribution in [3.05, 3.63) is 65.9 Å². The molecule has 0 radical (unpaired) electrons. The molecule has 0 bridgehead atoms. The predicted octanol–water partition coefficient (Wildman–Crippen LogP) is 3.55. The van der Waals surface area contributed by atoms with Crippen LogP contribution in [0, 0.1) is 11.6 Å². The molecule has 0 aliphatic heterocycles. The van der Waals surface area contributed by atoms with Gasteiger partial charge in [0.05, 0.1) is 17.7 Å². The van der Waals surface area contributed by atoms with Gasteiger partial charge in [0, 0.05) is 17.1 Å². The van der Waals surface area contributed by atoms with Crippen LogP contribution < -0.4 is 5.73 Å². The summed E-state index contributed by atoms with van der Waals surface area (Å²) in [6.07, 6.45) is 1.78. The van der Waals surface area contributed by atoms with Crippen molar-refractivity contribution in [2.45, 2.75) is 6.54 Å². The summed E-state index contributed by atoms with van der Waals surface area (Å²) in [6.45, 7) is 0.121. The second kappa shape index (κ2) is 4.39. The molecular weight excluding hydrogens is 246 g/mol. The number of nitrogens with two attached hydrogens (primary N) is 1. The number of aromatic nitrogens is 1. The lowest BCUT2D eigenvalue weighted by molar-refractivity contribution is 0.547.